The molecular formula is C18H22F2N4O2. The van der Waals surface area contributed by atoms with Gasteiger partial charge in [0.1, 0.15) is 5.69 Å². The molecule has 1 aliphatic rings. The van der Waals surface area contributed by atoms with Crippen LogP contribution >= 0.6 is 0 Å². The largest absolute Gasteiger partial charge is 0.314 e. The van der Waals surface area contributed by atoms with Crippen molar-refractivity contribution in [1.82, 2.24) is 19.0 Å². The van der Waals surface area contributed by atoms with Gasteiger partial charge in [0, 0.05) is 38.0 Å². The van der Waals surface area contributed by atoms with Crippen LogP contribution in [0.5, 0.6) is 0 Å². The maximum atomic E-state index is 12.6. The summed E-state index contributed by atoms with van der Waals surface area (Å²) in [7, 11) is 1.77. The number of hydrogen-bond donors (Lipinski definition) is 0. The molecule has 3 heterocycles. The van der Waals surface area contributed by atoms with Gasteiger partial charge in [0.15, 0.2) is 0 Å². The second-order valence-corrected chi connectivity index (χ2v) is 6.74. The van der Waals surface area contributed by atoms with E-state index in [9.17, 15) is 18.4 Å². The topological polar surface area (TPSA) is 60.1 Å². The van der Waals surface area contributed by atoms with Crippen LogP contribution in [0.15, 0.2) is 40.2 Å². The SMILES string of the molecule is Cn1c(CN2CCC(Cn3cnc(C(F)F)cc3=O)CC2)cccc1=O. The number of alkyl halides is 2. The number of halogens is 2. The molecule has 2 aromatic rings. The van der Waals surface area contributed by atoms with Gasteiger partial charge in [0.05, 0.1) is 6.33 Å². The highest BCUT2D eigenvalue weighted by Crippen LogP contribution is 2.20. The number of pyridine rings is 1. The second-order valence-electron chi connectivity index (χ2n) is 6.74. The van der Waals surface area contributed by atoms with Crippen LogP contribution in [0.2, 0.25) is 0 Å². The fourth-order valence-corrected chi connectivity index (χ4v) is 3.30. The number of nitrogens with zero attached hydrogens (tertiary/aromatic N) is 4. The molecule has 0 saturated carbocycles. The summed E-state index contributed by atoms with van der Waals surface area (Å²) >= 11 is 0. The molecule has 6 nitrogen and oxygen atoms in total. The van der Waals surface area contributed by atoms with Crippen LogP contribution in [0.3, 0.4) is 0 Å². The van der Waals surface area contributed by atoms with E-state index in [1.54, 1.807) is 23.7 Å². The molecule has 0 amide bonds. The van der Waals surface area contributed by atoms with Crippen molar-refractivity contribution >= 4 is 0 Å². The van der Waals surface area contributed by atoms with Crippen LogP contribution in [0.1, 0.15) is 30.7 Å². The molecule has 1 aliphatic heterocycles. The van der Waals surface area contributed by atoms with Crippen molar-refractivity contribution in [3.8, 4) is 0 Å². The second kappa shape index (κ2) is 7.90. The molecule has 26 heavy (non-hydrogen) atoms. The predicted octanol–water partition coefficient (Wildman–Crippen LogP) is 1.79. The van der Waals surface area contributed by atoms with E-state index in [1.807, 2.05) is 6.07 Å². The first-order valence-corrected chi connectivity index (χ1v) is 8.66. The van der Waals surface area contributed by atoms with Crippen LogP contribution < -0.4 is 11.1 Å². The highest BCUT2D eigenvalue weighted by Gasteiger charge is 2.21. The van der Waals surface area contributed by atoms with E-state index in [0.29, 0.717) is 19.0 Å². The molecule has 0 unspecified atom stereocenters. The Morgan fingerprint density at radius 2 is 1.92 bits per heavy atom. The summed E-state index contributed by atoms with van der Waals surface area (Å²) < 4.78 is 28.2. The summed E-state index contributed by atoms with van der Waals surface area (Å²) in [6.45, 7) is 2.94. The average Bonchev–Trinajstić information content (AvgIpc) is 2.62. The zero-order valence-corrected chi connectivity index (χ0v) is 14.6. The minimum absolute atomic E-state index is 0.0171. The quantitative estimate of drug-likeness (QED) is 0.812. The molecule has 0 bridgehead atoms. The number of rotatable bonds is 5. The van der Waals surface area contributed by atoms with E-state index in [2.05, 4.69) is 9.88 Å². The van der Waals surface area contributed by atoms with Crippen molar-refractivity contribution < 1.29 is 8.78 Å². The molecule has 0 aliphatic carbocycles. The normalized spacial score (nSPS) is 16.3. The first-order valence-electron chi connectivity index (χ1n) is 8.66. The van der Waals surface area contributed by atoms with E-state index < -0.39 is 17.7 Å². The Hall–Kier alpha value is -2.35. The maximum absolute atomic E-state index is 12.6. The molecule has 0 radical (unpaired) electrons. The minimum atomic E-state index is -2.73. The van der Waals surface area contributed by atoms with Gasteiger partial charge in [-0.1, -0.05) is 6.07 Å². The third-order valence-electron chi connectivity index (χ3n) is 4.96. The molecule has 1 fully saturated rings. The van der Waals surface area contributed by atoms with Crippen molar-refractivity contribution in [2.24, 2.45) is 13.0 Å². The lowest BCUT2D eigenvalue weighted by molar-refractivity contribution is 0.144. The smallest absolute Gasteiger partial charge is 0.280 e. The van der Waals surface area contributed by atoms with E-state index in [1.165, 1.54) is 10.9 Å². The van der Waals surface area contributed by atoms with Crippen LogP contribution in [-0.4, -0.2) is 32.1 Å². The molecular weight excluding hydrogens is 342 g/mol. The third kappa shape index (κ3) is 4.24. The molecule has 0 atom stereocenters. The Morgan fingerprint density at radius 3 is 2.58 bits per heavy atom. The Morgan fingerprint density at radius 1 is 1.19 bits per heavy atom. The number of hydrogen-bond acceptors (Lipinski definition) is 4. The zero-order chi connectivity index (χ0) is 18.7. The first-order chi connectivity index (χ1) is 12.4. The predicted molar refractivity (Wildman–Crippen MR) is 93.1 cm³/mol. The summed E-state index contributed by atoms with van der Waals surface area (Å²) in [6.07, 6.45) is 0.304. The Bertz CT molecular complexity index is 870. The Kier molecular flexibility index (Phi) is 5.61. The standard InChI is InChI=1S/C18H22F2N4O2/c1-22-14(3-2-4-16(22)25)11-23-7-5-13(6-8-23)10-24-12-21-15(18(19)20)9-17(24)26/h2-4,9,12-13,18H,5-8,10-11H2,1H3. The third-order valence-corrected chi connectivity index (χ3v) is 4.96. The van der Waals surface area contributed by atoms with E-state index in [0.717, 1.165) is 37.7 Å². The minimum Gasteiger partial charge on any atom is -0.314 e. The lowest BCUT2D eigenvalue weighted by atomic mass is 9.96. The summed E-state index contributed by atoms with van der Waals surface area (Å²) in [5.74, 6) is 0.308. The van der Waals surface area contributed by atoms with Gasteiger partial charge < -0.3 is 4.57 Å². The van der Waals surface area contributed by atoms with Crippen molar-refractivity contribution in [2.75, 3.05) is 13.1 Å². The first kappa shape index (κ1) is 18.4. The lowest BCUT2D eigenvalue weighted by Crippen LogP contribution is -2.37. The van der Waals surface area contributed by atoms with Gasteiger partial charge in [0.25, 0.3) is 12.0 Å². The van der Waals surface area contributed by atoms with Crippen LogP contribution in [0.25, 0.3) is 0 Å². The number of likely N-dealkylation sites (tertiary alicyclic amines) is 1. The van der Waals surface area contributed by atoms with E-state index >= 15 is 0 Å². The summed E-state index contributed by atoms with van der Waals surface area (Å²) in [5.41, 5.74) is 0.0435. The highest BCUT2D eigenvalue weighted by molar-refractivity contribution is 5.06. The monoisotopic (exact) mass is 364 g/mol. The van der Waals surface area contributed by atoms with Gasteiger partial charge in [-0.15, -0.1) is 0 Å². The molecule has 2 aromatic heterocycles. The van der Waals surface area contributed by atoms with Crippen molar-refractivity contribution in [3.63, 3.8) is 0 Å². The van der Waals surface area contributed by atoms with Gasteiger partial charge in [0.2, 0.25) is 5.56 Å². The summed E-state index contributed by atoms with van der Waals surface area (Å²) in [4.78, 5) is 29.6. The van der Waals surface area contributed by atoms with Crippen molar-refractivity contribution in [2.45, 2.75) is 32.4 Å². The Balaban J connectivity index is 1.56. The fraction of sp³-hybridized carbons (Fsp3) is 0.500. The van der Waals surface area contributed by atoms with Gasteiger partial charge in [-0.2, -0.15) is 0 Å². The highest BCUT2D eigenvalue weighted by atomic mass is 19.3. The van der Waals surface area contributed by atoms with Crippen molar-refractivity contribution in [3.05, 3.63) is 62.7 Å². The zero-order valence-electron chi connectivity index (χ0n) is 14.6. The van der Waals surface area contributed by atoms with Crippen molar-refractivity contribution in [1.29, 1.82) is 0 Å². The Labute approximate surface area is 149 Å². The molecule has 0 spiro atoms. The summed E-state index contributed by atoms with van der Waals surface area (Å²) in [6, 6.07) is 6.17. The van der Waals surface area contributed by atoms with E-state index in [4.69, 9.17) is 0 Å². The lowest BCUT2D eigenvalue weighted by Gasteiger charge is -2.32. The molecule has 140 valence electrons. The number of aromatic nitrogens is 3. The van der Waals surface area contributed by atoms with E-state index in [-0.39, 0.29) is 5.56 Å². The van der Waals surface area contributed by atoms with Crippen LogP contribution in [-0.2, 0) is 20.1 Å². The molecule has 0 aromatic carbocycles. The van der Waals surface area contributed by atoms with Crippen LogP contribution in [0.4, 0.5) is 8.78 Å². The number of piperidine rings is 1. The van der Waals surface area contributed by atoms with Gasteiger partial charge in [-0.05, 0) is 37.9 Å². The molecule has 8 heteroatoms. The van der Waals surface area contributed by atoms with Gasteiger partial charge in [-0.3, -0.25) is 19.1 Å². The van der Waals surface area contributed by atoms with Gasteiger partial charge >= 0.3 is 0 Å². The maximum Gasteiger partial charge on any atom is 0.280 e. The van der Waals surface area contributed by atoms with Crippen LogP contribution in [0, 0.1) is 5.92 Å². The fourth-order valence-electron chi connectivity index (χ4n) is 3.30. The average molecular weight is 364 g/mol. The molecule has 1 saturated heterocycles. The summed E-state index contributed by atoms with van der Waals surface area (Å²) in [5, 5.41) is 0. The molecule has 0 N–H and O–H groups in total. The molecule has 3 rings (SSSR count). The van der Waals surface area contributed by atoms with Gasteiger partial charge in [-0.25, -0.2) is 13.8 Å².